The van der Waals surface area contributed by atoms with Crippen molar-refractivity contribution in [1.29, 1.82) is 0 Å². The van der Waals surface area contributed by atoms with Gasteiger partial charge in [0.1, 0.15) is 18.3 Å². The summed E-state index contributed by atoms with van der Waals surface area (Å²) >= 11 is 0. The molecule has 3 unspecified atom stereocenters. The average Bonchev–Trinajstić information content (AvgIpc) is 2.85. The third-order valence-corrected chi connectivity index (χ3v) is 7.72. The Morgan fingerprint density at radius 3 is 2.23 bits per heavy atom. The molecule has 0 aromatic carbocycles. The van der Waals surface area contributed by atoms with Gasteiger partial charge in [0.15, 0.2) is 6.23 Å². The highest BCUT2D eigenvalue weighted by atomic mass is 31.3. The molecule has 2 rings (SSSR count). The van der Waals surface area contributed by atoms with Crippen molar-refractivity contribution in [3.63, 3.8) is 0 Å². The Hall–Kier alpha value is -1.03. The Balaban J connectivity index is 2.20. The van der Waals surface area contributed by atoms with Gasteiger partial charge in [0, 0.05) is 12.3 Å². The van der Waals surface area contributed by atoms with E-state index >= 15 is 0 Å². The quantitative estimate of drug-likeness (QED) is 0.181. The summed E-state index contributed by atoms with van der Waals surface area (Å²) in [6.45, 7) is 1.36. The van der Waals surface area contributed by atoms with Gasteiger partial charge in [-0.1, -0.05) is 6.92 Å². The van der Waals surface area contributed by atoms with Gasteiger partial charge in [-0.2, -0.15) is 8.62 Å². The van der Waals surface area contributed by atoms with Crippen LogP contribution in [0.25, 0.3) is 0 Å². The smallest absolute Gasteiger partial charge is 0.387 e. The number of aromatic amines is 1. The molecule has 1 saturated heterocycles. The maximum atomic E-state index is 12.0. The number of hydrogen-bond acceptors (Lipinski definition) is 11. The van der Waals surface area contributed by atoms with Crippen molar-refractivity contribution in [2.24, 2.45) is 0 Å². The number of ether oxygens (including phenoxy) is 1. The third-order valence-electron chi connectivity index (χ3n) is 3.85. The van der Waals surface area contributed by atoms with Crippen molar-refractivity contribution in [3.05, 3.63) is 33.1 Å². The first kappa shape index (κ1) is 26.2. The topological polar surface area (TPSA) is 264 Å². The van der Waals surface area contributed by atoms with E-state index in [1.807, 2.05) is 4.98 Å². The van der Waals surface area contributed by atoms with Crippen LogP contribution in [0.5, 0.6) is 0 Å². The van der Waals surface area contributed by atoms with Crippen LogP contribution in [0, 0.1) is 0 Å². The van der Waals surface area contributed by atoms with E-state index in [0.29, 0.717) is 0 Å². The fraction of sp³-hybridized carbons (Fsp3) is 0.636. The minimum atomic E-state index is -5.77. The summed E-state index contributed by atoms with van der Waals surface area (Å²) in [5, 5.41) is 20.4. The first-order valence-electron chi connectivity index (χ1n) is 8.20. The van der Waals surface area contributed by atoms with Crippen LogP contribution in [0.1, 0.15) is 19.6 Å². The maximum Gasteiger partial charge on any atom is 0.490 e. The number of aliphatic hydroxyl groups is 2. The maximum absolute atomic E-state index is 12.0. The van der Waals surface area contributed by atoms with Crippen LogP contribution < -0.4 is 11.2 Å². The highest BCUT2D eigenvalue weighted by Gasteiger charge is 2.50. The average molecular weight is 512 g/mol. The second kappa shape index (κ2) is 9.45. The molecule has 1 aromatic rings. The minimum absolute atomic E-state index is 0.218. The molecule has 20 heteroatoms. The minimum Gasteiger partial charge on any atom is -0.387 e. The number of hydrogen-bond donors (Lipinski definition) is 7. The molecule has 1 aliphatic rings. The summed E-state index contributed by atoms with van der Waals surface area (Å²) in [6, 6.07) is 0.931. The van der Waals surface area contributed by atoms with Gasteiger partial charge in [0.25, 0.3) is 5.56 Å². The SMILES string of the molecule is CCC(OP(=O)(O)OP(=O)(O)OP(=O)(O)O)[C@H]1O[C@@H](n2ccc(=O)[nH]c2=O)[C@H](O)[C@@H]1O. The lowest BCUT2D eigenvalue weighted by Gasteiger charge is -2.26. The molecule has 31 heavy (non-hydrogen) atoms. The van der Waals surface area contributed by atoms with Crippen LogP contribution in [0.2, 0.25) is 0 Å². The Kier molecular flexibility index (Phi) is 7.99. The van der Waals surface area contributed by atoms with Crippen molar-refractivity contribution in [1.82, 2.24) is 9.55 Å². The Labute approximate surface area is 172 Å². The summed E-state index contributed by atoms with van der Waals surface area (Å²) in [5.74, 6) is 0. The van der Waals surface area contributed by atoms with Crippen molar-refractivity contribution in [3.8, 4) is 0 Å². The van der Waals surface area contributed by atoms with E-state index in [1.54, 1.807) is 0 Å². The lowest BCUT2D eigenvalue weighted by atomic mass is 10.0. The summed E-state index contributed by atoms with van der Waals surface area (Å²) in [4.78, 5) is 60.9. The highest BCUT2D eigenvalue weighted by molar-refractivity contribution is 7.66. The standard InChI is InChI=1S/C11H19N2O15P3/c1-2-5(26-30(21,22)28-31(23,24)27-29(18,19)20)9-7(15)8(16)10(25-9)13-4-3-6(14)12-11(13)17/h3-5,7-10,15-16H,2H2,1H3,(H,21,22)(H,23,24)(H,12,14,17)(H2,18,19,20)/t5?,7-,8+,9+,10+/m0/s1. The Morgan fingerprint density at radius 2 is 1.71 bits per heavy atom. The zero-order valence-electron chi connectivity index (χ0n) is 15.4. The molecular weight excluding hydrogens is 493 g/mol. The summed E-state index contributed by atoms with van der Waals surface area (Å²) in [7, 11) is -16.9. The zero-order chi connectivity index (χ0) is 23.8. The van der Waals surface area contributed by atoms with Gasteiger partial charge in [0.05, 0.1) is 6.10 Å². The summed E-state index contributed by atoms with van der Waals surface area (Å²) in [6.07, 6.45) is -7.57. The van der Waals surface area contributed by atoms with E-state index in [9.17, 15) is 43.3 Å². The van der Waals surface area contributed by atoms with Crippen LogP contribution >= 0.6 is 23.5 Å². The van der Waals surface area contributed by atoms with Crippen LogP contribution in [-0.4, -0.2) is 63.8 Å². The number of rotatable bonds is 9. The molecule has 0 spiro atoms. The molecule has 1 aliphatic heterocycles. The van der Waals surface area contributed by atoms with Gasteiger partial charge in [-0.05, 0) is 6.42 Å². The van der Waals surface area contributed by atoms with Crippen molar-refractivity contribution in [2.45, 2.75) is 44.0 Å². The number of phosphoric ester groups is 1. The fourth-order valence-corrected chi connectivity index (χ4v) is 5.96. The largest absolute Gasteiger partial charge is 0.490 e. The van der Waals surface area contributed by atoms with Gasteiger partial charge >= 0.3 is 29.2 Å². The summed E-state index contributed by atoms with van der Waals surface area (Å²) in [5.41, 5.74) is -1.74. The molecule has 178 valence electrons. The Morgan fingerprint density at radius 1 is 1.10 bits per heavy atom. The normalized spacial score (nSPS) is 29.3. The molecule has 0 aliphatic carbocycles. The molecule has 1 fully saturated rings. The van der Waals surface area contributed by atoms with Crippen LogP contribution in [-0.2, 0) is 31.6 Å². The fourth-order valence-electron chi connectivity index (χ4n) is 2.69. The number of H-pyrrole nitrogens is 1. The van der Waals surface area contributed by atoms with Gasteiger partial charge < -0.3 is 34.5 Å². The van der Waals surface area contributed by atoms with E-state index in [-0.39, 0.29) is 6.42 Å². The van der Waals surface area contributed by atoms with E-state index < -0.39 is 65.4 Å². The van der Waals surface area contributed by atoms with Gasteiger partial charge in [-0.25, -0.2) is 18.5 Å². The van der Waals surface area contributed by atoms with Crippen LogP contribution in [0.4, 0.5) is 0 Å². The number of phosphoric acid groups is 3. The number of nitrogens with zero attached hydrogens (tertiary/aromatic N) is 1. The second-order valence-electron chi connectivity index (χ2n) is 6.13. The third kappa shape index (κ3) is 6.97. The van der Waals surface area contributed by atoms with E-state index in [4.69, 9.17) is 14.5 Å². The molecule has 2 heterocycles. The first-order chi connectivity index (χ1) is 14.1. The van der Waals surface area contributed by atoms with Crippen molar-refractivity contribution in [2.75, 3.05) is 0 Å². The molecule has 7 atom stereocenters. The first-order valence-corrected chi connectivity index (χ1v) is 12.7. The molecule has 17 nitrogen and oxygen atoms in total. The number of nitrogens with one attached hydrogen (secondary N) is 1. The van der Waals surface area contributed by atoms with E-state index in [1.165, 1.54) is 6.92 Å². The monoisotopic (exact) mass is 512 g/mol. The number of aliphatic hydroxyl groups excluding tert-OH is 2. The zero-order valence-corrected chi connectivity index (χ0v) is 18.1. The van der Waals surface area contributed by atoms with Gasteiger partial charge in [-0.3, -0.25) is 18.9 Å². The second-order valence-corrected chi connectivity index (χ2v) is 10.5. The number of aromatic nitrogens is 2. The van der Waals surface area contributed by atoms with E-state index in [2.05, 4.69) is 13.1 Å². The van der Waals surface area contributed by atoms with Crippen molar-refractivity contribution < 1.29 is 61.4 Å². The molecule has 7 N–H and O–H groups in total. The lowest BCUT2D eigenvalue weighted by molar-refractivity contribution is -0.0839. The van der Waals surface area contributed by atoms with Crippen LogP contribution in [0.15, 0.2) is 21.9 Å². The van der Waals surface area contributed by atoms with Crippen molar-refractivity contribution >= 4 is 23.5 Å². The van der Waals surface area contributed by atoms with Crippen LogP contribution in [0.3, 0.4) is 0 Å². The Bertz CT molecular complexity index is 1050. The molecule has 0 amide bonds. The summed E-state index contributed by atoms with van der Waals surface area (Å²) < 4.78 is 52.0. The molecule has 0 saturated carbocycles. The van der Waals surface area contributed by atoms with E-state index in [0.717, 1.165) is 16.8 Å². The molecular formula is C11H19N2O15P3. The molecule has 0 bridgehead atoms. The predicted molar refractivity (Wildman–Crippen MR) is 96.3 cm³/mol. The molecule has 0 radical (unpaired) electrons. The molecule has 1 aromatic heterocycles. The predicted octanol–water partition coefficient (Wildman–Crippen LogP) is -1.72. The lowest BCUT2D eigenvalue weighted by Crippen LogP contribution is -2.40. The highest BCUT2D eigenvalue weighted by Crippen LogP contribution is 2.66. The van der Waals surface area contributed by atoms with Gasteiger partial charge in [0.2, 0.25) is 0 Å². The van der Waals surface area contributed by atoms with Gasteiger partial charge in [-0.15, -0.1) is 0 Å².